The summed E-state index contributed by atoms with van der Waals surface area (Å²) in [7, 11) is 0. The molecule has 10 heteroatoms. The summed E-state index contributed by atoms with van der Waals surface area (Å²) in [6.07, 6.45) is -0.992. The molecule has 0 saturated carbocycles. The second kappa shape index (κ2) is 11.0. The number of rotatable bonds is 13. The Morgan fingerprint density at radius 1 is 0.706 bits per heavy atom. The number of ketones is 2. The van der Waals surface area contributed by atoms with E-state index in [9.17, 15) is 39.0 Å². The lowest BCUT2D eigenvalue weighted by molar-refractivity contribution is -0.223. The molecule has 0 bridgehead atoms. The quantitative estimate of drug-likeness (QED) is 0.186. The predicted molar refractivity (Wildman–Crippen MR) is 118 cm³/mol. The number of carboxylic acid groups (broad SMARTS) is 2. The molecular formula is C24H30O10. The van der Waals surface area contributed by atoms with Crippen molar-refractivity contribution >= 4 is 35.4 Å². The number of benzene rings is 1. The number of carbonyl (C=O) groups excluding carboxylic acids is 4. The van der Waals surface area contributed by atoms with Gasteiger partial charge in [0, 0.05) is 12.5 Å². The van der Waals surface area contributed by atoms with Crippen LogP contribution in [0.4, 0.5) is 0 Å². The van der Waals surface area contributed by atoms with Crippen LogP contribution >= 0.6 is 0 Å². The van der Waals surface area contributed by atoms with E-state index in [2.05, 4.69) is 0 Å². The van der Waals surface area contributed by atoms with Crippen LogP contribution in [0, 0.1) is 10.8 Å². The molecule has 0 aliphatic heterocycles. The number of hydrogen-bond acceptors (Lipinski definition) is 8. The Balaban J connectivity index is 3.79. The first-order valence-electron chi connectivity index (χ1n) is 10.9. The number of aliphatic carboxylic acids is 2. The third-order valence-electron chi connectivity index (χ3n) is 6.29. The minimum absolute atomic E-state index is 0.179. The Kier molecular flexibility index (Phi) is 9.25. The molecule has 10 nitrogen and oxygen atoms in total. The van der Waals surface area contributed by atoms with E-state index in [1.54, 1.807) is 6.07 Å². The number of hydrogen-bond donors (Lipinski definition) is 2. The van der Waals surface area contributed by atoms with Gasteiger partial charge in [0.1, 0.15) is 0 Å². The van der Waals surface area contributed by atoms with Crippen molar-refractivity contribution in [2.75, 3.05) is 0 Å². The van der Waals surface area contributed by atoms with E-state index in [-0.39, 0.29) is 31.2 Å². The molecular weight excluding hydrogens is 448 g/mol. The maximum Gasteiger partial charge on any atom is 0.382 e. The molecule has 0 aliphatic carbocycles. The van der Waals surface area contributed by atoms with Gasteiger partial charge in [-0.3, -0.25) is 28.8 Å². The molecule has 0 spiro atoms. The highest BCUT2D eigenvalue weighted by Crippen LogP contribution is 2.36. The lowest BCUT2D eigenvalue weighted by Gasteiger charge is -2.35. The zero-order valence-corrected chi connectivity index (χ0v) is 19.9. The van der Waals surface area contributed by atoms with E-state index in [1.165, 1.54) is 52.0 Å². The van der Waals surface area contributed by atoms with Gasteiger partial charge in [-0.05, 0) is 25.7 Å². The van der Waals surface area contributed by atoms with Crippen LogP contribution < -0.4 is 0 Å². The molecule has 0 saturated heterocycles. The van der Waals surface area contributed by atoms with Crippen LogP contribution in [0.1, 0.15) is 70.7 Å². The Labute approximate surface area is 197 Å². The SMILES string of the molecule is CCC(CC)(C(=O)O)C(=O)OC(OC(=O)C(CC)(CC)C(=O)O)(C(C)=O)C(=O)c1ccccc1. The summed E-state index contributed by atoms with van der Waals surface area (Å²) in [5.74, 6) is -11.7. The van der Waals surface area contributed by atoms with Gasteiger partial charge in [-0.2, -0.15) is 0 Å². The summed E-state index contributed by atoms with van der Waals surface area (Å²) < 4.78 is 10.4. The molecule has 0 heterocycles. The van der Waals surface area contributed by atoms with E-state index < -0.39 is 52.1 Å². The number of carbonyl (C=O) groups is 6. The summed E-state index contributed by atoms with van der Waals surface area (Å²) >= 11 is 0. The van der Waals surface area contributed by atoms with E-state index in [1.807, 2.05) is 0 Å². The van der Waals surface area contributed by atoms with Crippen molar-refractivity contribution in [3.05, 3.63) is 35.9 Å². The Hall–Kier alpha value is -3.56. The molecule has 186 valence electrons. The number of esters is 2. The van der Waals surface area contributed by atoms with Crippen LogP contribution in [-0.4, -0.2) is 51.4 Å². The molecule has 0 atom stereocenters. The summed E-state index contributed by atoms with van der Waals surface area (Å²) in [4.78, 5) is 76.4. The maximum absolute atomic E-state index is 13.5. The molecule has 0 aliphatic rings. The van der Waals surface area contributed by atoms with E-state index in [0.29, 0.717) is 0 Å². The molecule has 0 radical (unpaired) electrons. The monoisotopic (exact) mass is 478 g/mol. The maximum atomic E-state index is 13.5. The number of Topliss-reactive ketones (excluding diaryl/α,β-unsaturated/α-hetero) is 2. The average Bonchev–Trinajstić information content (AvgIpc) is 2.80. The first kappa shape index (κ1) is 28.5. The van der Waals surface area contributed by atoms with Crippen molar-refractivity contribution in [2.24, 2.45) is 10.8 Å². The first-order chi connectivity index (χ1) is 15.8. The Morgan fingerprint density at radius 3 is 1.32 bits per heavy atom. The lowest BCUT2D eigenvalue weighted by Crippen LogP contribution is -2.58. The van der Waals surface area contributed by atoms with Gasteiger partial charge < -0.3 is 19.7 Å². The van der Waals surface area contributed by atoms with Gasteiger partial charge >= 0.3 is 29.7 Å². The van der Waals surface area contributed by atoms with Crippen LogP contribution in [-0.2, 0) is 33.4 Å². The standard InChI is InChI=1S/C24H30O10/c1-6-22(7-2,18(27)28)20(31)33-24(15(5)25,17(26)16-13-11-10-12-14-16)34-21(32)23(8-3,9-4)19(29)30/h10-14H,6-9H2,1-5H3,(H,27,28)(H,29,30). The molecule has 0 unspecified atom stereocenters. The van der Waals surface area contributed by atoms with Gasteiger partial charge in [0.15, 0.2) is 10.8 Å². The van der Waals surface area contributed by atoms with E-state index in [0.717, 1.165) is 6.92 Å². The van der Waals surface area contributed by atoms with Crippen molar-refractivity contribution in [1.82, 2.24) is 0 Å². The molecule has 0 fully saturated rings. The minimum Gasteiger partial charge on any atom is -0.480 e. The van der Waals surface area contributed by atoms with Gasteiger partial charge in [-0.15, -0.1) is 0 Å². The number of carboxylic acids is 2. The van der Waals surface area contributed by atoms with Crippen LogP contribution in [0.2, 0.25) is 0 Å². The fourth-order valence-corrected chi connectivity index (χ4v) is 3.51. The highest BCUT2D eigenvalue weighted by Gasteiger charge is 2.59. The van der Waals surface area contributed by atoms with E-state index >= 15 is 0 Å². The summed E-state index contributed by atoms with van der Waals surface area (Å²) in [5.41, 5.74) is -4.45. The second-order valence-corrected chi connectivity index (χ2v) is 7.84. The zero-order valence-electron chi connectivity index (χ0n) is 19.9. The van der Waals surface area contributed by atoms with Crippen LogP contribution in [0.15, 0.2) is 30.3 Å². The van der Waals surface area contributed by atoms with Crippen molar-refractivity contribution in [1.29, 1.82) is 0 Å². The van der Waals surface area contributed by atoms with Crippen LogP contribution in [0.25, 0.3) is 0 Å². The smallest absolute Gasteiger partial charge is 0.382 e. The fourth-order valence-electron chi connectivity index (χ4n) is 3.51. The summed E-state index contributed by atoms with van der Waals surface area (Å²) in [6.45, 7) is 6.44. The third-order valence-corrected chi connectivity index (χ3v) is 6.29. The van der Waals surface area contributed by atoms with Gasteiger partial charge in [0.05, 0.1) is 0 Å². The highest BCUT2D eigenvalue weighted by molar-refractivity contribution is 6.18. The van der Waals surface area contributed by atoms with Crippen LogP contribution in [0.3, 0.4) is 0 Å². The van der Waals surface area contributed by atoms with Crippen LogP contribution in [0.5, 0.6) is 0 Å². The Morgan fingerprint density at radius 2 is 1.06 bits per heavy atom. The molecule has 0 amide bonds. The molecule has 0 aromatic heterocycles. The molecule has 1 aromatic carbocycles. The number of ether oxygens (including phenoxy) is 2. The largest absolute Gasteiger partial charge is 0.480 e. The van der Waals surface area contributed by atoms with Crippen molar-refractivity contribution < 1.29 is 48.5 Å². The summed E-state index contributed by atoms with van der Waals surface area (Å²) in [5, 5.41) is 19.4. The zero-order chi connectivity index (χ0) is 26.3. The molecule has 2 N–H and O–H groups in total. The first-order valence-corrected chi connectivity index (χ1v) is 10.9. The predicted octanol–water partition coefficient (Wildman–Crippen LogP) is 3.02. The average molecular weight is 478 g/mol. The topological polar surface area (TPSA) is 161 Å². The molecule has 34 heavy (non-hydrogen) atoms. The van der Waals surface area contributed by atoms with Gasteiger partial charge in [-0.1, -0.05) is 58.0 Å². The van der Waals surface area contributed by atoms with E-state index in [4.69, 9.17) is 9.47 Å². The second-order valence-electron chi connectivity index (χ2n) is 7.84. The normalized spacial score (nSPS) is 11.9. The summed E-state index contributed by atoms with van der Waals surface area (Å²) in [6, 6.07) is 7.01. The van der Waals surface area contributed by atoms with Gasteiger partial charge in [0.25, 0.3) is 5.78 Å². The molecule has 1 rings (SSSR count). The van der Waals surface area contributed by atoms with Crippen molar-refractivity contribution in [3.8, 4) is 0 Å². The third kappa shape index (κ3) is 4.85. The minimum atomic E-state index is -3.22. The fraction of sp³-hybridized carbons (Fsp3) is 0.500. The lowest BCUT2D eigenvalue weighted by atomic mass is 9.82. The van der Waals surface area contributed by atoms with Gasteiger partial charge in [0.2, 0.25) is 5.78 Å². The Bertz CT molecular complexity index is 911. The van der Waals surface area contributed by atoms with Crippen molar-refractivity contribution in [2.45, 2.75) is 66.1 Å². The highest BCUT2D eigenvalue weighted by atomic mass is 16.7. The molecule has 1 aromatic rings. The van der Waals surface area contributed by atoms with Gasteiger partial charge in [-0.25, -0.2) is 0 Å². The van der Waals surface area contributed by atoms with Crippen molar-refractivity contribution in [3.63, 3.8) is 0 Å².